The molecule has 0 amide bonds. The Bertz CT molecular complexity index is 175. The molecule has 0 aromatic rings. The maximum Gasteiger partial charge on any atom is 0.121 e. The number of hydrogen-bond acceptors (Lipinski definition) is 0. The van der Waals surface area contributed by atoms with E-state index in [1.54, 1.807) is 0 Å². The molecule has 1 saturated carbocycles. The van der Waals surface area contributed by atoms with E-state index in [1.807, 2.05) is 6.92 Å². The van der Waals surface area contributed by atoms with Crippen LogP contribution in [0.2, 0.25) is 0 Å². The van der Waals surface area contributed by atoms with Gasteiger partial charge in [0.25, 0.3) is 0 Å². The Hall–Kier alpha value is -0.590. The molecule has 1 aliphatic rings. The van der Waals surface area contributed by atoms with E-state index < -0.39 is 0 Å². The third-order valence-electron chi connectivity index (χ3n) is 2.41. The summed E-state index contributed by atoms with van der Waals surface area (Å²) in [7, 11) is 0. The SMILES string of the molecule is C=C/C(F)=C(\C)CC1CCC1. The fraction of sp³-hybridized carbons (Fsp3) is 0.600. The van der Waals surface area contributed by atoms with Gasteiger partial charge in [-0.25, -0.2) is 4.39 Å². The van der Waals surface area contributed by atoms with E-state index in [1.165, 1.54) is 25.3 Å². The molecule has 1 aliphatic carbocycles. The monoisotopic (exact) mass is 154 g/mol. The first-order valence-corrected chi connectivity index (χ1v) is 4.21. The van der Waals surface area contributed by atoms with Crippen molar-refractivity contribution in [3.05, 3.63) is 24.1 Å². The van der Waals surface area contributed by atoms with Crippen LogP contribution in [0, 0.1) is 5.92 Å². The van der Waals surface area contributed by atoms with Crippen LogP contribution < -0.4 is 0 Å². The van der Waals surface area contributed by atoms with Crippen molar-refractivity contribution in [2.75, 3.05) is 0 Å². The second-order valence-electron chi connectivity index (χ2n) is 3.33. The van der Waals surface area contributed by atoms with Crippen molar-refractivity contribution in [1.82, 2.24) is 0 Å². The average molecular weight is 154 g/mol. The van der Waals surface area contributed by atoms with E-state index in [2.05, 4.69) is 6.58 Å². The molecule has 62 valence electrons. The lowest BCUT2D eigenvalue weighted by molar-refractivity contribution is 0.311. The van der Waals surface area contributed by atoms with Crippen LogP contribution in [0.4, 0.5) is 4.39 Å². The molecule has 0 N–H and O–H groups in total. The molecule has 0 heterocycles. The Morgan fingerprint density at radius 3 is 2.64 bits per heavy atom. The fourth-order valence-electron chi connectivity index (χ4n) is 1.40. The van der Waals surface area contributed by atoms with Crippen LogP contribution in [0.25, 0.3) is 0 Å². The molecule has 1 rings (SSSR count). The summed E-state index contributed by atoms with van der Waals surface area (Å²) in [6.07, 6.45) is 6.11. The summed E-state index contributed by atoms with van der Waals surface area (Å²) >= 11 is 0. The lowest BCUT2D eigenvalue weighted by atomic mass is 9.81. The van der Waals surface area contributed by atoms with Gasteiger partial charge in [0.15, 0.2) is 0 Å². The maximum absolute atomic E-state index is 12.8. The molecular weight excluding hydrogens is 139 g/mol. The summed E-state index contributed by atoms with van der Waals surface area (Å²) < 4.78 is 12.8. The van der Waals surface area contributed by atoms with Crippen molar-refractivity contribution >= 4 is 0 Å². The molecule has 11 heavy (non-hydrogen) atoms. The Kier molecular flexibility index (Phi) is 2.86. The van der Waals surface area contributed by atoms with E-state index in [0.29, 0.717) is 0 Å². The molecule has 1 fully saturated rings. The lowest BCUT2D eigenvalue weighted by Gasteiger charge is -2.25. The van der Waals surface area contributed by atoms with Crippen LogP contribution in [-0.4, -0.2) is 0 Å². The van der Waals surface area contributed by atoms with E-state index in [0.717, 1.165) is 17.9 Å². The Morgan fingerprint density at radius 2 is 2.27 bits per heavy atom. The van der Waals surface area contributed by atoms with E-state index in [9.17, 15) is 4.39 Å². The lowest BCUT2D eigenvalue weighted by Crippen LogP contribution is -2.11. The van der Waals surface area contributed by atoms with Gasteiger partial charge in [0, 0.05) is 0 Å². The minimum Gasteiger partial charge on any atom is -0.207 e. The molecule has 0 bridgehead atoms. The highest BCUT2D eigenvalue weighted by molar-refractivity contribution is 5.16. The summed E-state index contributed by atoms with van der Waals surface area (Å²) in [6, 6.07) is 0. The van der Waals surface area contributed by atoms with Crippen molar-refractivity contribution in [3.63, 3.8) is 0 Å². The summed E-state index contributed by atoms with van der Waals surface area (Å²) in [5.74, 6) is 0.623. The first-order valence-electron chi connectivity index (χ1n) is 4.21. The first-order chi connectivity index (χ1) is 5.24. The quantitative estimate of drug-likeness (QED) is 0.545. The molecule has 0 nitrogen and oxygen atoms in total. The van der Waals surface area contributed by atoms with Crippen LogP contribution in [0.1, 0.15) is 32.6 Å². The molecule has 0 aliphatic heterocycles. The highest BCUT2D eigenvalue weighted by atomic mass is 19.1. The van der Waals surface area contributed by atoms with Crippen LogP contribution in [0.5, 0.6) is 0 Å². The number of hydrogen-bond donors (Lipinski definition) is 0. The first kappa shape index (κ1) is 8.51. The number of allylic oxidation sites excluding steroid dienone is 3. The van der Waals surface area contributed by atoms with E-state index in [4.69, 9.17) is 0 Å². The third kappa shape index (κ3) is 2.18. The molecule has 0 atom stereocenters. The normalized spacial score (nSPS) is 20.5. The van der Waals surface area contributed by atoms with Gasteiger partial charge in [0.05, 0.1) is 0 Å². The van der Waals surface area contributed by atoms with Gasteiger partial charge >= 0.3 is 0 Å². The third-order valence-corrected chi connectivity index (χ3v) is 2.41. The zero-order valence-electron chi connectivity index (χ0n) is 7.07. The van der Waals surface area contributed by atoms with Gasteiger partial charge in [-0.3, -0.25) is 0 Å². The van der Waals surface area contributed by atoms with Gasteiger partial charge < -0.3 is 0 Å². The Morgan fingerprint density at radius 1 is 1.64 bits per heavy atom. The van der Waals surface area contributed by atoms with Crippen LogP contribution in [0.15, 0.2) is 24.1 Å². The van der Waals surface area contributed by atoms with Gasteiger partial charge in [-0.05, 0) is 30.9 Å². The second-order valence-corrected chi connectivity index (χ2v) is 3.33. The zero-order valence-corrected chi connectivity index (χ0v) is 7.07. The molecule has 0 unspecified atom stereocenters. The van der Waals surface area contributed by atoms with E-state index >= 15 is 0 Å². The van der Waals surface area contributed by atoms with Crippen molar-refractivity contribution in [3.8, 4) is 0 Å². The Balaban J connectivity index is 2.40. The molecule has 0 radical (unpaired) electrons. The topological polar surface area (TPSA) is 0 Å². The average Bonchev–Trinajstić information content (AvgIpc) is 1.94. The van der Waals surface area contributed by atoms with E-state index in [-0.39, 0.29) is 5.83 Å². The maximum atomic E-state index is 12.8. The van der Waals surface area contributed by atoms with Crippen molar-refractivity contribution in [1.29, 1.82) is 0 Å². The fourth-order valence-corrected chi connectivity index (χ4v) is 1.40. The molecule has 0 spiro atoms. The molecular formula is C10H15F. The molecule has 1 heteroatoms. The second kappa shape index (κ2) is 3.70. The van der Waals surface area contributed by atoms with Crippen molar-refractivity contribution in [2.45, 2.75) is 32.6 Å². The smallest absolute Gasteiger partial charge is 0.121 e. The number of halogens is 1. The summed E-state index contributed by atoms with van der Waals surface area (Å²) in [6.45, 7) is 5.26. The predicted molar refractivity (Wildman–Crippen MR) is 46.0 cm³/mol. The van der Waals surface area contributed by atoms with Crippen LogP contribution in [-0.2, 0) is 0 Å². The summed E-state index contributed by atoms with van der Waals surface area (Å²) in [5, 5.41) is 0. The minimum absolute atomic E-state index is 0.128. The van der Waals surface area contributed by atoms with Crippen LogP contribution in [0.3, 0.4) is 0 Å². The van der Waals surface area contributed by atoms with Crippen LogP contribution >= 0.6 is 0 Å². The minimum atomic E-state index is -0.128. The molecule has 0 aromatic carbocycles. The molecule has 0 saturated heterocycles. The highest BCUT2D eigenvalue weighted by Gasteiger charge is 2.18. The largest absolute Gasteiger partial charge is 0.207 e. The predicted octanol–water partition coefficient (Wildman–Crippen LogP) is 3.61. The molecule has 0 aromatic heterocycles. The van der Waals surface area contributed by atoms with Crippen molar-refractivity contribution in [2.24, 2.45) is 5.92 Å². The van der Waals surface area contributed by atoms with Crippen molar-refractivity contribution < 1.29 is 4.39 Å². The van der Waals surface area contributed by atoms with Gasteiger partial charge in [-0.1, -0.05) is 25.8 Å². The van der Waals surface area contributed by atoms with Gasteiger partial charge in [-0.2, -0.15) is 0 Å². The summed E-state index contributed by atoms with van der Waals surface area (Å²) in [4.78, 5) is 0. The van der Waals surface area contributed by atoms with Gasteiger partial charge in [0.1, 0.15) is 5.83 Å². The standard InChI is InChI=1S/C10H15F/c1-3-10(11)8(2)7-9-5-4-6-9/h3,9H,1,4-7H2,2H3/b10-8-. The van der Waals surface area contributed by atoms with Gasteiger partial charge in [-0.15, -0.1) is 0 Å². The zero-order chi connectivity index (χ0) is 8.27. The summed E-state index contributed by atoms with van der Waals surface area (Å²) in [5.41, 5.74) is 0.865. The number of rotatable bonds is 3. The Labute approximate surface area is 67.8 Å². The highest BCUT2D eigenvalue weighted by Crippen LogP contribution is 2.32. The van der Waals surface area contributed by atoms with Gasteiger partial charge in [0.2, 0.25) is 0 Å².